The van der Waals surface area contributed by atoms with E-state index in [-0.39, 0.29) is 23.1 Å². The highest BCUT2D eigenvalue weighted by Crippen LogP contribution is 2.44. The highest BCUT2D eigenvalue weighted by Gasteiger charge is 2.14. The molecule has 0 rings (SSSR count). The van der Waals surface area contributed by atoms with Crippen LogP contribution < -0.4 is 0 Å². The predicted molar refractivity (Wildman–Crippen MR) is 57.8 cm³/mol. The van der Waals surface area contributed by atoms with Crippen LogP contribution in [0.5, 0.6) is 0 Å². The van der Waals surface area contributed by atoms with Crippen LogP contribution >= 0.6 is 19.8 Å². The first-order chi connectivity index (χ1) is 4.52. The highest BCUT2D eigenvalue weighted by atomic mass is 33.5. The molecule has 0 bridgehead atoms. The summed E-state index contributed by atoms with van der Waals surface area (Å²) >= 11 is 0. The first-order valence-corrected chi connectivity index (χ1v) is 8.06. The van der Waals surface area contributed by atoms with E-state index in [9.17, 15) is 8.42 Å². The van der Waals surface area contributed by atoms with Crippen LogP contribution in [-0.4, -0.2) is 47.5 Å². The Kier molecular flexibility index (Phi) is 9.26. The smallest absolute Gasteiger partial charge is 0.278 e. The molecule has 0 radical (unpaired) electrons. The lowest BCUT2D eigenvalue weighted by Crippen LogP contribution is -1.97. The average Bonchev–Trinajstić information content (AvgIpc) is 1.80. The van der Waals surface area contributed by atoms with Crippen LogP contribution in [0.2, 0.25) is 0 Å². The fourth-order valence-corrected chi connectivity index (χ4v) is 6.33. The molecule has 0 aromatic heterocycles. The molecule has 0 amide bonds. The summed E-state index contributed by atoms with van der Waals surface area (Å²) in [6, 6.07) is 0. The first-order valence-electron chi connectivity index (χ1n) is 2.90. The molecule has 0 aliphatic rings. The molecule has 0 saturated heterocycles. The summed E-state index contributed by atoms with van der Waals surface area (Å²) in [5, 5.41) is 0. The van der Waals surface area contributed by atoms with Crippen molar-refractivity contribution in [3.05, 3.63) is 0 Å². The Balaban J connectivity index is 0. The summed E-state index contributed by atoms with van der Waals surface area (Å²) in [7, 11) is -3.69. The van der Waals surface area contributed by atoms with Crippen LogP contribution in [-0.2, 0) is 9.15 Å². The Morgan fingerprint density at radius 2 is 1.91 bits per heavy atom. The standard InChI is InChI=1S/C4H12O3S3.Mg.2H/c1-3-8-9(4-2)10(5,6)7;;;/h9H,3-4H2,1-2H3,(H,5,6,7);;;. The van der Waals surface area contributed by atoms with Crippen molar-refractivity contribution in [3.8, 4) is 0 Å². The van der Waals surface area contributed by atoms with Gasteiger partial charge < -0.3 is 0 Å². The van der Waals surface area contributed by atoms with Crippen LogP contribution in [0, 0.1) is 0 Å². The minimum absolute atomic E-state index is 0. The monoisotopic (exact) mass is 230 g/mol. The van der Waals surface area contributed by atoms with E-state index in [1.165, 1.54) is 10.8 Å². The zero-order valence-electron chi connectivity index (χ0n) is 5.94. The summed E-state index contributed by atoms with van der Waals surface area (Å²) < 4.78 is 29.6. The Morgan fingerprint density at radius 1 is 1.45 bits per heavy atom. The quantitative estimate of drug-likeness (QED) is 0.321. The molecule has 68 valence electrons. The summed E-state index contributed by atoms with van der Waals surface area (Å²) in [6.45, 7) is 3.64. The zero-order chi connectivity index (χ0) is 8.20. The maximum Gasteiger partial charge on any atom is 0.316 e. The lowest BCUT2D eigenvalue weighted by molar-refractivity contribution is 0.503. The van der Waals surface area contributed by atoms with Gasteiger partial charge in [-0.05, 0) is 5.75 Å². The summed E-state index contributed by atoms with van der Waals surface area (Å²) in [5.74, 6) is 1.26. The molecule has 0 aliphatic carbocycles. The van der Waals surface area contributed by atoms with Gasteiger partial charge in [-0.2, -0.15) is 8.42 Å². The third-order valence-corrected chi connectivity index (χ3v) is 9.74. The second kappa shape index (κ2) is 6.85. The number of hydrogen-bond acceptors (Lipinski definition) is 3. The Hall–Kier alpha value is 1.38. The van der Waals surface area contributed by atoms with Gasteiger partial charge in [-0.15, -0.1) is 10.8 Å². The highest BCUT2D eigenvalue weighted by molar-refractivity contribution is 9.13. The predicted octanol–water partition coefficient (Wildman–Crippen LogP) is 0.562. The van der Waals surface area contributed by atoms with Gasteiger partial charge in [-0.3, -0.25) is 4.55 Å². The van der Waals surface area contributed by atoms with Gasteiger partial charge in [-0.1, -0.05) is 22.8 Å². The van der Waals surface area contributed by atoms with Gasteiger partial charge >= 0.3 is 32.2 Å². The minimum Gasteiger partial charge on any atom is -0.278 e. The minimum atomic E-state index is -3.75. The van der Waals surface area contributed by atoms with Crippen molar-refractivity contribution in [1.82, 2.24) is 0 Å². The normalized spacial score (nSPS) is 15.4. The molecule has 0 fully saturated rings. The Morgan fingerprint density at radius 3 is 2.00 bits per heavy atom. The van der Waals surface area contributed by atoms with Crippen LogP contribution in [0.4, 0.5) is 0 Å². The first kappa shape index (κ1) is 14.9. The van der Waals surface area contributed by atoms with Gasteiger partial charge in [0.2, 0.25) is 0 Å². The third-order valence-electron chi connectivity index (χ3n) is 0.789. The van der Waals surface area contributed by atoms with Crippen molar-refractivity contribution >= 4 is 52.0 Å². The fourth-order valence-electron chi connectivity index (χ4n) is 0.465. The van der Waals surface area contributed by atoms with Gasteiger partial charge in [0, 0.05) is 5.75 Å². The largest absolute Gasteiger partial charge is 0.316 e. The number of hydrogen-bond donors (Lipinski definition) is 2. The maximum atomic E-state index is 10.5. The Bertz CT molecular complexity index is 179. The fraction of sp³-hybridized carbons (Fsp3) is 1.00. The van der Waals surface area contributed by atoms with Gasteiger partial charge in [-0.25, -0.2) is 0 Å². The van der Waals surface area contributed by atoms with E-state index in [1.54, 1.807) is 6.92 Å². The maximum absolute atomic E-state index is 10.5. The molecule has 0 aromatic rings. The van der Waals surface area contributed by atoms with Crippen LogP contribution in [0.3, 0.4) is 0 Å². The van der Waals surface area contributed by atoms with Gasteiger partial charge in [0.1, 0.15) is 0 Å². The molecule has 3 nitrogen and oxygen atoms in total. The van der Waals surface area contributed by atoms with E-state index >= 15 is 0 Å². The molecule has 7 heteroatoms. The van der Waals surface area contributed by atoms with Gasteiger partial charge in [0.25, 0.3) is 0 Å². The molecule has 1 unspecified atom stereocenters. The molecule has 1 N–H and O–H groups in total. The molecule has 0 heterocycles. The van der Waals surface area contributed by atoms with E-state index in [4.69, 9.17) is 4.55 Å². The van der Waals surface area contributed by atoms with E-state index in [0.29, 0.717) is 5.75 Å². The summed E-state index contributed by atoms with van der Waals surface area (Å²) in [5.41, 5.74) is 0. The van der Waals surface area contributed by atoms with Crippen molar-refractivity contribution < 1.29 is 13.0 Å². The SMILES string of the molecule is CCS[SH](CC)S(=O)(=O)O.[MgH2]. The second-order valence-corrected chi connectivity index (χ2v) is 10.0. The van der Waals surface area contributed by atoms with E-state index in [1.807, 2.05) is 6.92 Å². The van der Waals surface area contributed by atoms with Crippen LogP contribution in [0.25, 0.3) is 0 Å². The molecule has 1 atom stereocenters. The van der Waals surface area contributed by atoms with E-state index in [2.05, 4.69) is 0 Å². The van der Waals surface area contributed by atoms with Crippen molar-refractivity contribution in [2.45, 2.75) is 13.8 Å². The van der Waals surface area contributed by atoms with Crippen molar-refractivity contribution in [2.24, 2.45) is 0 Å². The van der Waals surface area contributed by atoms with Crippen LogP contribution in [0.15, 0.2) is 0 Å². The third kappa shape index (κ3) is 6.53. The lowest BCUT2D eigenvalue weighted by atomic mass is 11.0. The molecule has 0 aliphatic heterocycles. The van der Waals surface area contributed by atoms with Gasteiger partial charge in [0.05, 0.1) is 0 Å². The zero-order valence-corrected chi connectivity index (χ0v) is 8.47. The van der Waals surface area contributed by atoms with E-state index in [0.717, 1.165) is 5.75 Å². The lowest BCUT2D eigenvalue weighted by Gasteiger charge is -2.12. The van der Waals surface area contributed by atoms with Crippen LogP contribution in [0.1, 0.15) is 13.8 Å². The summed E-state index contributed by atoms with van der Waals surface area (Å²) in [6.07, 6.45) is 0. The number of rotatable bonds is 4. The number of thiol groups is 1. The van der Waals surface area contributed by atoms with Crippen molar-refractivity contribution in [1.29, 1.82) is 0 Å². The molecule has 0 spiro atoms. The average molecular weight is 231 g/mol. The molecular formula is C4H14MgO3S3. The molecular weight excluding hydrogens is 217 g/mol. The Labute approximate surface area is 89.7 Å². The van der Waals surface area contributed by atoms with Crippen molar-refractivity contribution in [3.63, 3.8) is 0 Å². The van der Waals surface area contributed by atoms with E-state index < -0.39 is 18.1 Å². The molecule has 0 saturated carbocycles. The molecule has 11 heavy (non-hydrogen) atoms. The van der Waals surface area contributed by atoms with Gasteiger partial charge in [0.15, 0.2) is 0 Å². The summed E-state index contributed by atoms with van der Waals surface area (Å²) in [4.78, 5) is 0. The van der Waals surface area contributed by atoms with Crippen molar-refractivity contribution in [2.75, 3.05) is 11.5 Å². The molecule has 0 aromatic carbocycles. The topological polar surface area (TPSA) is 54.4 Å². The second-order valence-electron chi connectivity index (χ2n) is 1.51.